The van der Waals surface area contributed by atoms with E-state index in [1.54, 1.807) is 12.1 Å². The SMILES string of the molecule is NC(=O)c1ccc(CN2CCC[C@H]2c2ccccc2)c([N+](=O)[O-])c1. The van der Waals surface area contributed by atoms with E-state index in [-0.39, 0.29) is 17.3 Å². The van der Waals surface area contributed by atoms with Crippen molar-refractivity contribution in [2.45, 2.75) is 25.4 Å². The standard InChI is InChI=1S/C18H19N3O3/c19-18(22)14-8-9-15(17(11-14)21(23)24)12-20-10-4-7-16(20)13-5-2-1-3-6-13/h1-3,5-6,8-9,11,16H,4,7,10,12H2,(H2,19,22)/t16-/m0/s1. The summed E-state index contributed by atoms with van der Waals surface area (Å²) < 4.78 is 0. The van der Waals surface area contributed by atoms with Gasteiger partial charge in [0.2, 0.25) is 5.91 Å². The predicted octanol–water partition coefficient (Wildman–Crippen LogP) is 3.03. The zero-order valence-corrected chi connectivity index (χ0v) is 13.2. The van der Waals surface area contributed by atoms with Crippen LogP contribution in [0, 0.1) is 10.1 Å². The summed E-state index contributed by atoms with van der Waals surface area (Å²) >= 11 is 0. The highest BCUT2D eigenvalue weighted by Crippen LogP contribution is 2.34. The number of benzene rings is 2. The maximum atomic E-state index is 11.4. The van der Waals surface area contributed by atoms with Gasteiger partial charge in [-0.3, -0.25) is 19.8 Å². The molecule has 0 bridgehead atoms. The van der Waals surface area contributed by atoms with E-state index in [0.29, 0.717) is 12.1 Å². The van der Waals surface area contributed by atoms with Crippen molar-refractivity contribution < 1.29 is 9.72 Å². The lowest BCUT2D eigenvalue weighted by Crippen LogP contribution is -2.23. The van der Waals surface area contributed by atoms with E-state index >= 15 is 0 Å². The topological polar surface area (TPSA) is 89.5 Å². The number of nitro benzene ring substituents is 1. The van der Waals surface area contributed by atoms with Crippen molar-refractivity contribution in [3.63, 3.8) is 0 Å². The first kappa shape index (κ1) is 16.1. The molecule has 6 nitrogen and oxygen atoms in total. The van der Waals surface area contributed by atoms with Gasteiger partial charge in [-0.05, 0) is 31.0 Å². The fourth-order valence-corrected chi connectivity index (χ4v) is 3.31. The molecule has 0 saturated carbocycles. The van der Waals surface area contributed by atoms with Gasteiger partial charge in [-0.2, -0.15) is 0 Å². The van der Waals surface area contributed by atoms with Crippen LogP contribution in [0.5, 0.6) is 0 Å². The summed E-state index contributed by atoms with van der Waals surface area (Å²) in [5, 5.41) is 11.4. The van der Waals surface area contributed by atoms with Crippen molar-refractivity contribution in [2.75, 3.05) is 6.54 Å². The van der Waals surface area contributed by atoms with Gasteiger partial charge in [0.25, 0.3) is 5.69 Å². The third-order valence-corrected chi connectivity index (χ3v) is 4.49. The lowest BCUT2D eigenvalue weighted by Gasteiger charge is -2.24. The minimum Gasteiger partial charge on any atom is -0.366 e. The van der Waals surface area contributed by atoms with E-state index in [4.69, 9.17) is 5.73 Å². The van der Waals surface area contributed by atoms with Crippen LogP contribution in [0.2, 0.25) is 0 Å². The summed E-state index contributed by atoms with van der Waals surface area (Å²) in [6.45, 7) is 1.38. The van der Waals surface area contributed by atoms with Crippen LogP contribution < -0.4 is 5.73 Å². The van der Waals surface area contributed by atoms with Crippen molar-refractivity contribution in [2.24, 2.45) is 5.73 Å². The Bertz CT molecular complexity index is 761. The Kier molecular flexibility index (Phi) is 4.57. The van der Waals surface area contributed by atoms with E-state index in [1.807, 2.05) is 18.2 Å². The third kappa shape index (κ3) is 3.28. The van der Waals surface area contributed by atoms with Crippen molar-refractivity contribution in [1.82, 2.24) is 4.90 Å². The maximum Gasteiger partial charge on any atom is 0.274 e. The van der Waals surface area contributed by atoms with E-state index in [2.05, 4.69) is 17.0 Å². The number of carbonyl (C=O) groups is 1. The summed E-state index contributed by atoms with van der Waals surface area (Å²) in [7, 11) is 0. The summed E-state index contributed by atoms with van der Waals surface area (Å²) in [5.41, 5.74) is 7.16. The first-order valence-electron chi connectivity index (χ1n) is 7.92. The molecule has 1 fully saturated rings. The Morgan fingerprint density at radius 2 is 2.00 bits per heavy atom. The van der Waals surface area contributed by atoms with Crippen molar-refractivity contribution in [1.29, 1.82) is 0 Å². The van der Waals surface area contributed by atoms with Crippen LogP contribution in [-0.2, 0) is 6.54 Å². The summed E-state index contributed by atoms with van der Waals surface area (Å²) in [5.74, 6) is -0.659. The summed E-state index contributed by atoms with van der Waals surface area (Å²) in [6.07, 6.45) is 2.10. The van der Waals surface area contributed by atoms with Gasteiger partial charge < -0.3 is 5.73 Å². The summed E-state index contributed by atoms with van der Waals surface area (Å²) in [4.78, 5) is 24.4. The van der Waals surface area contributed by atoms with Crippen molar-refractivity contribution in [3.05, 3.63) is 75.3 Å². The minimum absolute atomic E-state index is 0.0509. The van der Waals surface area contributed by atoms with Crippen LogP contribution in [0.25, 0.3) is 0 Å². The van der Waals surface area contributed by atoms with Crippen molar-refractivity contribution >= 4 is 11.6 Å². The molecular weight excluding hydrogens is 306 g/mol. The van der Waals surface area contributed by atoms with E-state index < -0.39 is 10.8 Å². The zero-order chi connectivity index (χ0) is 17.1. The quantitative estimate of drug-likeness (QED) is 0.676. The van der Waals surface area contributed by atoms with Crippen LogP contribution in [0.3, 0.4) is 0 Å². The van der Waals surface area contributed by atoms with Gasteiger partial charge in [-0.1, -0.05) is 36.4 Å². The van der Waals surface area contributed by atoms with Crippen LogP contribution in [0.4, 0.5) is 5.69 Å². The number of rotatable bonds is 5. The third-order valence-electron chi connectivity index (χ3n) is 4.49. The molecule has 1 atom stereocenters. The Hall–Kier alpha value is -2.73. The fourth-order valence-electron chi connectivity index (χ4n) is 3.31. The number of nitro groups is 1. The molecule has 124 valence electrons. The molecule has 1 aliphatic heterocycles. The highest BCUT2D eigenvalue weighted by molar-refractivity contribution is 5.93. The number of likely N-dealkylation sites (tertiary alicyclic amines) is 1. The number of carbonyl (C=O) groups excluding carboxylic acids is 1. The van der Waals surface area contributed by atoms with Gasteiger partial charge in [0.05, 0.1) is 4.92 Å². The number of nitrogens with zero attached hydrogens (tertiary/aromatic N) is 2. The second-order valence-corrected chi connectivity index (χ2v) is 6.00. The molecule has 1 saturated heterocycles. The molecule has 3 rings (SSSR count). The Balaban J connectivity index is 1.87. The molecule has 0 aromatic heterocycles. The summed E-state index contributed by atoms with van der Waals surface area (Å²) in [6, 6.07) is 14.9. The highest BCUT2D eigenvalue weighted by Gasteiger charge is 2.28. The molecule has 1 heterocycles. The number of amides is 1. The number of primary amides is 1. The number of hydrogen-bond acceptors (Lipinski definition) is 4. The number of hydrogen-bond donors (Lipinski definition) is 1. The molecule has 0 radical (unpaired) electrons. The normalized spacial score (nSPS) is 17.8. The Morgan fingerprint density at radius 3 is 2.67 bits per heavy atom. The van der Waals surface area contributed by atoms with Crippen molar-refractivity contribution in [3.8, 4) is 0 Å². The number of nitrogens with two attached hydrogens (primary N) is 1. The molecular formula is C18H19N3O3. The zero-order valence-electron chi connectivity index (χ0n) is 13.2. The van der Waals surface area contributed by atoms with E-state index in [1.165, 1.54) is 11.6 Å². The first-order chi connectivity index (χ1) is 11.6. The van der Waals surface area contributed by atoms with E-state index in [9.17, 15) is 14.9 Å². The fraction of sp³-hybridized carbons (Fsp3) is 0.278. The molecule has 24 heavy (non-hydrogen) atoms. The Morgan fingerprint density at radius 1 is 1.25 bits per heavy atom. The van der Waals surface area contributed by atoms with Crippen LogP contribution in [0.15, 0.2) is 48.5 Å². The maximum absolute atomic E-state index is 11.4. The van der Waals surface area contributed by atoms with Gasteiger partial charge in [0.15, 0.2) is 0 Å². The van der Waals surface area contributed by atoms with Gasteiger partial charge in [0.1, 0.15) is 0 Å². The average Bonchev–Trinajstić information content (AvgIpc) is 3.03. The largest absolute Gasteiger partial charge is 0.366 e. The molecule has 6 heteroatoms. The molecule has 0 aliphatic carbocycles. The monoisotopic (exact) mass is 325 g/mol. The Labute approximate surface area is 140 Å². The van der Waals surface area contributed by atoms with E-state index in [0.717, 1.165) is 19.4 Å². The molecule has 0 unspecified atom stereocenters. The minimum atomic E-state index is -0.659. The van der Waals surface area contributed by atoms with Crippen LogP contribution in [-0.4, -0.2) is 22.3 Å². The van der Waals surface area contributed by atoms with Crippen LogP contribution in [0.1, 0.15) is 40.4 Å². The lowest BCUT2D eigenvalue weighted by atomic mass is 10.0. The second kappa shape index (κ2) is 6.80. The first-order valence-corrected chi connectivity index (χ1v) is 7.92. The second-order valence-electron chi connectivity index (χ2n) is 6.00. The van der Waals surface area contributed by atoms with Gasteiger partial charge in [-0.15, -0.1) is 0 Å². The van der Waals surface area contributed by atoms with Gasteiger partial charge >= 0.3 is 0 Å². The lowest BCUT2D eigenvalue weighted by molar-refractivity contribution is -0.385. The molecule has 1 aliphatic rings. The molecule has 2 aromatic carbocycles. The average molecular weight is 325 g/mol. The molecule has 1 amide bonds. The highest BCUT2D eigenvalue weighted by atomic mass is 16.6. The van der Waals surface area contributed by atoms with Crippen LogP contribution >= 0.6 is 0 Å². The smallest absolute Gasteiger partial charge is 0.274 e. The van der Waals surface area contributed by atoms with Gasteiger partial charge in [-0.25, -0.2) is 0 Å². The molecule has 0 spiro atoms. The molecule has 2 aromatic rings. The molecule has 2 N–H and O–H groups in total. The predicted molar refractivity (Wildman–Crippen MR) is 90.4 cm³/mol. The van der Waals surface area contributed by atoms with Gasteiger partial charge in [0, 0.05) is 29.8 Å².